The van der Waals surface area contributed by atoms with Crippen LogP contribution in [0.2, 0.25) is 5.02 Å². The van der Waals surface area contributed by atoms with Crippen molar-refractivity contribution >= 4 is 34.0 Å². The van der Waals surface area contributed by atoms with Crippen molar-refractivity contribution in [2.75, 3.05) is 19.0 Å². The average Bonchev–Trinajstić information content (AvgIpc) is 2.98. The first-order valence-electron chi connectivity index (χ1n) is 6.37. The van der Waals surface area contributed by atoms with Crippen molar-refractivity contribution in [2.24, 2.45) is 0 Å². The van der Waals surface area contributed by atoms with Gasteiger partial charge in [-0.25, -0.2) is 4.98 Å². The van der Waals surface area contributed by atoms with Gasteiger partial charge in [0.25, 0.3) is 5.91 Å². The van der Waals surface area contributed by atoms with Crippen molar-refractivity contribution in [3.8, 4) is 11.5 Å². The lowest BCUT2D eigenvalue weighted by Gasteiger charge is -2.13. The predicted molar refractivity (Wildman–Crippen MR) is 83.9 cm³/mol. The number of carbonyl (C=O) groups is 1. The molecule has 1 N–H and O–H groups in total. The van der Waals surface area contributed by atoms with Crippen LogP contribution in [0.25, 0.3) is 0 Å². The van der Waals surface area contributed by atoms with E-state index in [0.29, 0.717) is 33.8 Å². The van der Waals surface area contributed by atoms with Crippen molar-refractivity contribution in [3.63, 3.8) is 0 Å². The maximum absolute atomic E-state index is 12.2. The molecule has 0 radical (unpaired) electrons. The van der Waals surface area contributed by atoms with Crippen molar-refractivity contribution in [3.05, 3.63) is 34.3 Å². The van der Waals surface area contributed by atoms with E-state index in [2.05, 4.69) is 10.3 Å². The number of rotatable bonds is 6. The third-order valence-corrected chi connectivity index (χ3v) is 3.56. The lowest BCUT2D eigenvalue weighted by atomic mass is 10.2. The molecule has 2 aromatic rings. The van der Waals surface area contributed by atoms with Gasteiger partial charge in [-0.1, -0.05) is 18.5 Å². The molecule has 0 aliphatic heterocycles. The Kier molecular flexibility index (Phi) is 5.41. The summed E-state index contributed by atoms with van der Waals surface area (Å²) in [4.78, 5) is 16.2. The Morgan fingerprint density at radius 2 is 2.29 bits per heavy atom. The molecule has 1 aromatic heterocycles. The highest BCUT2D eigenvalue weighted by molar-refractivity contribution is 7.13. The molecule has 0 atom stereocenters. The third kappa shape index (κ3) is 3.86. The normalized spacial score (nSPS) is 10.2. The van der Waals surface area contributed by atoms with Gasteiger partial charge in [0.1, 0.15) is 0 Å². The van der Waals surface area contributed by atoms with Crippen LogP contribution in [0.4, 0.5) is 5.13 Å². The number of benzene rings is 1. The first kappa shape index (κ1) is 15.6. The molecular formula is C14H15ClN2O3S. The number of nitrogens with one attached hydrogen (secondary N) is 1. The first-order valence-corrected chi connectivity index (χ1v) is 7.62. The lowest BCUT2D eigenvalue weighted by Crippen LogP contribution is -2.12. The van der Waals surface area contributed by atoms with E-state index in [0.717, 1.165) is 6.42 Å². The molecule has 0 unspecified atom stereocenters. The van der Waals surface area contributed by atoms with E-state index < -0.39 is 0 Å². The summed E-state index contributed by atoms with van der Waals surface area (Å²) in [5.74, 6) is 0.583. The van der Waals surface area contributed by atoms with Crippen LogP contribution in [-0.2, 0) is 0 Å². The molecule has 0 aliphatic carbocycles. The van der Waals surface area contributed by atoms with Crippen LogP contribution < -0.4 is 14.8 Å². The zero-order chi connectivity index (χ0) is 15.2. The maximum Gasteiger partial charge on any atom is 0.257 e. The molecule has 5 nitrogen and oxygen atoms in total. The molecule has 1 aromatic carbocycles. The minimum atomic E-state index is -0.299. The van der Waals surface area contributed by atoms with E-state index in [9.17, 15) is 4.79 Å². The van der Waals surface area contributed by atoms with E-state index in [1.54, 1.807) is 23.7 Å². The summed E-state index contributed by atoms with van der Waals surface area (Å²) in [6.07, 6.45) is 2.47. The molecule has 0 saturated carbocycles. The van der Waals surface area contributed by atoms with Gasteiger partial charge in [-0.3, -0.25) is 10.1 Å². The Balaban J connectivity index is 2.24. The molecule has 2 rings (SSSR count). The molecule has 1 heterocycles. The fourth-order valence-corrected chi connectivity index (χ4v) is 2.44. The largest absolute Gasteiger partial charge is 0.493 e. The van der Waals surface area contributed by atoms with Gasteiger partial charge in [-0.15, -0.1) is 11.3 Å². The van der Waals surface area contributed by atoms with Crippen molar-refractivity contribution in [1.29, 1.82) is 0 Å². The number of hydrogen-bond acceptors (Lipinski definition) is 5. The molecule has 0 aliphatic rings. The molecule has 1 amide bonds. The summed E-state index contributed by atoms with van der Waals surface area (Å²) in [6, 6.07) is 3.15. The van der Waals surface area contributed by atoms with E-state index in [-0.39, 0.29) is 5.91 Å². The van der Waals surface area contributed by atoms with Crippen molar-refractivity contribution in [2.45, 2.75) is 13.3 Å². The molecule has 0 bridgehead atoms. The zero-order valence-electron chi connectivity index (χ0n) is 11.7. The second-order valence-electron chi connectivity index (χ2n) is 4.13. The van der Waals surface area contributed by atoms with Crippen LogP contribution in [0.5, 0.6) is 11.5 Å². The summed E-state index contributed by atoms with van der Waals surface area (Å²) in [7, 11) is 1.51. The predicted octanol–water partition coefficient (Wildman–Crippen LogP) is 3.85. The second-order valence-corrected chi connectivity index (χ2v) is 5.43. The summed E-state index contributed by atoms with van der Waals surface area (Å²) < 4.78 is 10.8. The highest BCUT2D eigenvalue weighted by atomic mass is 35.5. The number of thiazole rings is 1. The fraction of sp³-hybridized carbons (Fsp3) is 0.286. The Hall–Kier alpha value is -1.79. The number of carbonyl (C=O) groups excluding carboxylic acids is 1. The van der Waals surface area contributed by atoms with E-state index in [1.807, 2.05) is 6.92 Å². The number of anilines is 1. The Bertz CT molecular complexity index is 617. The van der Waals surface area contributed by atoms with Crippen LogP contribution >= 0.6 is 22.9 Å². The molecule has 0 spiro atoms. The quantitative estimate of drug-likeness (QED) is 0.876. The molecule has 0 saturated heterocycles. The molecule has 0 fully saturated rings. The van der Waals surface area contributed by atoms with Crippen LogP contribution in [0, 0.1) is 0 Å². The van der Waals surface area contributed by atoms with Crippen molar-refractivity contribution < 1.29 is 14.3 Å². The maximum atomic E-state index is 12.2. The number of ether oxygens (including phenoxy) is 2. The van der Waals surface area contributed by atoms with Crippen LogP contribution in [0.15, 0.2) is 23.7 Å². The Morgan fingerprint density at radius 3 is 2.90 bits per heavy atom. The SMILES string of the molecule is CCCOc1c(Cl)cc(C(=O)Nc2nccs2)cc1OC. The number of amides is 1. The number of aromatic nitrogens is 1. The number of methoxy groups -OCH3 is 1. The van der Waals surface area contributed by atoms with Crippen molar-refractivity contribution in [1.82, 2.24) is 4.98 Å². The van der Waals surface area contributed by atoms with E-state index >= 15 is 0 Å². The fourth-order valence-electron chi connectivity index (χ4n) is 1.65. The summed E-state index contributed by atoms with van der Waals surface area (Å²) >= 11 is 7.52. The molecule has 7 heteroatoms. The van der Waals surface area contributed by atoms with Gasteiger partial charge in [0.2, 0.25) is 0 Å². The minimum Gasteiger partial charge on any atom is -0.493 e. The van der Waals surface area contributed by atoms with Gasteiger partial charge >= 0.3 is 0 Å². The second kappa shape index (κ2) is 7.28. The minimum absolute atomic E-state index is 0.299. The summed E-state index contributed by atoms with van der Waals surface area (Å²) in [6.45, 7) is 2.52. The lowest BCUT2D eigenvalue weighted by molar-refractivity contribution is 0.102. The van der Waals surface area contributed by atoms with E-state index in [1.165, 1.54) is 18.4 Å². The summed E-state index contributed by atoms with van der Waals surface area (Å²) in [5, 5.41) is 5.34. The topological polar surface area (TPSA) is 60.5 Å². The monoisotopic (exact) mass is 326 g/mol. The summed E-state index contributed by atoms with van der Waals surface area (Å²) in [5.41, 5.74) is 0.385. The third-order valence-electron chi connectivity index (χ3n) is 2.59. The Labute approximate surface area is 131 Å². The van der Waals surface area contributed by atoms with Crippen LogP contribution in [0.1, 0.15) is 23.7 Å². The molecule has 21 heavy (non-hydrogen) atoms. The smallest absolute Gasteiger partial charge is 0.257 e. The zero-order valence-corrected chi connectivity index (χ0v) is 13.3. The van der Waals surface area contributed by atoms with Gasteiger partial charge < -0.3 is 9.47 Å². The van der Waals surface area contributed by atoms with Crippen LogP contribution in [0.3, 0.4) is 0 Å². The number of nitrogens with zero attached hydrogens (tertiary/aromatic N) is 1. The van der Waals surface area contributed by atoms with Crippen LogP contribution in [-0.4, -0.2) is 24.6 Å². The van der Waals surface area contributed by atoms with Gasteiger partial charge in [0.15, 0.2) is 16.6 Å². The highest BCUT2D eigenvalue weighted by Crippen LogP contribution is 2.36. The van der Waals surface area contributed by atoms with Gasteiger partial charge in [0.05, 0.1) is 18.7 Å². The van der Waals surface area contributed by atoms with E-state index in [4.69, 9.17) is 21.1 Å². The van der Waals surface area contributed by atoms with Gasteiger partial charge in [-0.05, 0) is 18.6 Å². The highest BCUT2D eigenvalue weighted by Gasteiger charge is 2.16. The first-order chi connectivity index (χ1) is 10.2. The standard InChI is InChI=1S/C14H15ClN2O3S/c1-3-5-20-12-10(15)7-9(8-11(12)19-2)13(18)17-14-16-4-6-21-14/h4,6-8H,3,5H2,1-2H3,(H,16,17,18). The average molecular weight is 327 g/mol. The molecular weight excluding hydrogens is 312 g/mol. The number of halogens is 1. The van der Waals surface area contributed by atoms with Gasteiger partial charge in [-0.2, -0.15) is 0 Å². The Morgan fingerprint density at radius 1 is 1.48 bits per heavy atom. The number of hydrogen-bond donors (Lipinski definition) is 1. The molecule has 112 valence electrons. The van der Waals surface area contributed by atoms with Gasteiger partial charge in [0, 0.05) is 17.1 Å².